The normalized spacial score (nSPS) is 17.5. The predicted octanol–water partition coefficient (Wildman–Crippen LogP) is 1.85. The Morgan fingerprint density at radius 2 is 1.87 bits per heavy atom. The summed E-state index contributed by atoms with van der Waals surface area (Å²) >= 11 is 0. The number of piperazine rings is 1. The van der Waals surface area contributed by atoms with Crippen LogP contribution in [0.4, 0.5) is 42.8 Å². The standard InChI is InChI=1S/C21H24F6N8O3/c1-12(32-15-9-31-33-17(37)16(15)21(25,26)27)3-2-4-28-19(38)35-6-5-34(10-14(35)11-36)18-29-7-13(8-30-18)20(22,23)24/h2-3,7-9,12,14,36H,4-6,10-11H2,1H3,(H,28,38)(H2,32,33,37)/b3-2+/t12-,14+/m0/s1. The van der Waals surface area contributed by atoms with Crippen molar-refractivity contribution >= 4 is 17.7 Å². The Balaban J connectivity index is 1.52. The van der Waals surface area contributed by atoms with E-state index in [1.165, 1.54) is 24.0 Å². The predicted molar refractivity (Wildman–Crippen MR) is 122 cm³/mol. The Bertz CT molecular complexity index is 1190. The average Bonchev–Trinajstić information content (AvgIpc) is 2.85. The van der Waals surface area contributed by atoms with Crippen LogP contribution in [0.1, 0.15) is 18.1 Å². The molecule has 2 amide bonds. The number of carbonyl (C=O) groups is 1. The van der Waals surface area contributed by atoms with Crippen LogP contribution in [0.3, 0.4) is 0 Å². The van der Waals surface area contributed by atoms with Crippen LogP contribution in [-0.2, 0) is 12.4 Å². The number of rotatable bonds is 7. The smallest absolute Gasteiger partial charge is 0.394 e. The first-order valence-corrected chi connectivity index (χ1v) is 11.2. The van der Waals surface area contributed by atoms with Crippen LogP contribution >= 0.6 is 0 Å². The van der Waals surface area contributed by atoms with Crippen LogP contribution in [-0.4, -0.2) is 81.1 Å². The molecule has 0 spiro atoms. The van der Waals surface area contributed by atoms with E-state index in [2.05, 4.69) is 25.7 Å². The molecule has 2 aromatic rings. The van der Waals surface area contributed by atoms with E-state index in [1.807, 2.05) is 0 Å². The largest absolute Gasteiger partial charge is 0.423 e. The van der Waals surface area contributed by atoms with Crippen molar-refractivity contribution in [2.24, 2.45) is 0 Å². The third-order valence-electron chi connectivity index (χ3n) is 5.52. The van der Waals surface area contributed by atoms with E-state index < -0.39 is 59.4 Å². The summed E-state index contributed by atoms with van der Waals surface area (Å²) in [6.45, 7) is 1.52. The van der Waals surface area contributed by atoms with Gasteiger partial charge in [-0.25, -0.2) is 19.9 Å². The molecule has 2 atom stereocenters. The first kappa shape index (κ1) is 28.7. The van der Waals surface area contributed by atoms with Gasteiger partial charge in [0.2, 0.25) is 5.95 Å². The Kier molecular flexibility index (Phi) is 8.80. The number of hydrogen-bond acceptors (Lipinski definition) is 8. The lowest BCUT2D eigenvalue weighted by Gasteiger charge is -2.40. The SMILES string of the molecule is C[C@@H](/C=C/CNC(=O)N1CCN(c2ncc(C(F)(F)F)cn2)C[C@@H]1CO)Nc1cn[nH]c(=O)c1C(F)(F)F. The van der Waals surface area contributed by atoms with Crippen LogP contribution in [0.25, 0.3) is 0 Å². The molecule has 1 fully saturated rings. The number of carbonyl (C=O) groups excluding carboxylic acids is 1. The Morgan fingerprint density at radius 3 is 2.47 bits per heavy atom. The van der Waals surface area contributed by atoms with Gasteiger partial charge in [-0.2, -0.15) is 31.4 Å². The van der Waals surface area contributed by atoms with E-state index in [0.29, 0.717) is 12.4 Å². The lowest BCUT2D eigenvalue weighted by atomic mass is 10.2. The summed E-state index contributed by atoms with van der Waals surface area (Å²) in [6, 6.07) is -1.88. The monoisotopic (exact) mass is 550 g/mol. The molecule has 3 rings (SSSR count). The second kappa shape index (κ2) is 11.7. The Hall–Kier alpha value is -3.89. The molecule has 1 saturated heterocycles. The summed E-state index contributed by atoms with van der Waals surface area (Å²) < 4.78 is 77.6. The summed E-state index contributed by atoms with van der Waals surface area (Å²) in [5, 5.41) is 20.0. The zero-order valence-electron chi connectivity index (χ0n) is 19.8. The van der Waals surface area contributed by atoms with Crippen molar-refractivity contribution in [3.05, 3.63) is 52.2 Å². The van der Waals surface area contributed by atoms with Gasteiger partial charge in [0, 0.05) is 44.6 Å². The van der Waals surface area contributed by atoms with Gasteiger partial charge in [-0.1, -0.05) is 12.2 Å². The van der Waals surface area contributed by atoms with Crippen LogP contribution in [0.5, 0.6) is 0 Å². The van der Waals surface area contributed by atoms with Crippen molar-refractivity contribution in [2.45, 2.75) is 31.4 Å². The molecule has 17 heteroatoms. The zero-order valence-corrected chi connectivity index (χ0v) is 19.8. The van der Waals surface area contributed by atoms with Gasteiger partial charge in [0.15, 0.2) is 0 Å². The number of hydrogen-bond donors (Lipinski definition) is 4. The molecule has 208 valence electrons. The maximum atomic E-state index is 13.1. The van der Waals surface area contributed by atoms with E-state index in [1.54, 1.807) is 10.00 Å². The Labute approximate surface area is 211 Å². The third kappa shape index (κ3) is 7.11. The highest BCUT2D eigenvalue weighted by molar-refractivity contribution is 5.75. The van der Waals surface area contributed by atoms with Gasteiger partial charge in [-0.15, -0.1) is 0 Å². The lowest BCUT2D eigenvalue weighted by Crippen LogP contribution is -2.59. The fourth-order valence-corrected chi connectivity index (χ4v) is 3.69. The van der Waals surface area contributed by atoms with Crippen molar-refractivity contribution in [2.75, 3.05) is 43.0 Å². The summed E-state index contributed by atoms with van der Waals surface area (Å²) in [5.74, 6) is 0.0326. The third-order valence-corrected chi connectivity index (χ3v) is 5.52. The Morgan fingerprint density at radius 1 is 1.18 bits per heavy atom. The van der Waals surface area contributed by atoms with Crippen molar-refractivity contribution in [3.8, 4) is 0 Å². The van der Waals surface area contributed by atoms with E-state index in [-0.39, 0.29) is 32.1 Å². The van der Waals surface area contributed by atoms with Gasteiger partial charge >= 0.3 is 18.4 Å². The molecule has 0 aliphatic carbocycles. The number of aromatic amines is 1. The molecule has 0 bridgehead atoms. The number of alkyl halides is 6. The summed E-state index contributed by atoms with van der Waals surface area (Å²) in [5.41, 5.74) is -4.28. The highest BCUT2D eigenvalue weighted by atomic mass is 19.4. The highest BCUT2D eigenvalue weighted by Crippen LogP contribution is 2.31. The van der Waals surface area contributed by atoms with Crippen LogP contribution in [0.2, 0.25) is 0 Å². The number of aromatic nitrogens is 4. The van der Waals surface area contributed by atoms with Gasteiger partial charge in [0.25, 0.3) is 5.56 Å². The van der Waals surface area contributed by atoms with Gasteiger partial charge in [0.05, 0.1) is 30.1 Å². The summed E-state index contributed by atoms with van der Waals surface area (Å²) in [6.07, 6.45) is -4.32. The molecule has 0 radical (unpaired) electrons. The van der Waals surface area contributed by atoms with Crippen molar-refractivity contribution in [1.29, 1.82) is 0 Å². The molecule has 1 aliphatic rings. The first-order valence-electron chi connectivity index (χ1n) is 11.2. The van der Waals surface area contributed by atoms with E-state index in [4.69, 9.17) is 0 Å². The van der Waals surface area contributed by atoms with Gasteiger partial charge in [-0.3, -0.25) is 4.79 Å². The minimum absolute atomic E-state index is 0.00494. The fourth-order valence-electron chi connectivity index (χ4n) is 3.69. The second-order valence-electron chi connectivity index (χ2n) is 8.28. The van der Waals surface area contributed by atoms with Crippen LogP contribution in [0.15, 0.2) is 35.5 Å². The molecular weight excluding hydrogens is 526 g/mol. The van der Waals surface area contributed by atoms with E-state index in [9.17, 15) is 41.0 Å². The van der Waals surface area contributed by atoms with E-state index in [0.717, 1.165) is 6.20 Å². The quantitative estimate of drug-likeness (QED) is 0.303. The number of anilines is 2. The topological polar surface area (TPSA) is 139 Å². The maximum absolute atomic E-state index is 13.1. The number of amides is 2. The summed E-state index contributed by atoms with van der Waals surface area (Å²) in [7, 11) is 0. The van der Waals surface area contributed by atoms with Crippen LogP contribution < -0.4 is 21.1 Å². The van der Waals surface area contributed by atoms with Crippen molar-refractivity contribution < 1.29 is 36.2 Å². The number of nitrogens with zero attached hydrogens (tertiary/aromatic N) is 5. The number of aliphatic hydroxyl groups is 1. The molecule has 0 saturated carbocycles. The molecule has 4 N–H and O–H groups in total. The summed E-state index contributed by atoms with van der Waals surface area (Å²) in [4.78, 5) is 34.5. The molecule has 0 aromatic carbocycles. The van der Waals surface area contributed by atoms with Crippen LogP contribution in [0, 0.1) is 0 Å². The van der Waals surface area contributed by atoms with Gasteiger partial charge < -0.3 is 25.5 Å². The molecule has 2 aromatic heterocycles. The molecule has 3 heterocycles. The van der Waals surface area contributed by atoms with Gasteiger partial charge in [-0.05, 0) is 6.92 Å². The average molecular weight is 550 g/mol. The number of urea groups is 1. The van der Waals surface area contributed by atoms with Crippen molar-refractivity contribution in [1.82, 2.24) is 30.4 Å². The first-order chi connectivity index (χ1) is 17.8. The molecule has 11 nitrogen and oxygen atoms in total. The highest BCUT2D eigenvalue weighted by Gasteiger charge is 2.37. The minimum Gasteiger partial charge on any atom is -0.394 e. The molecule has 38 heavy (non-hydrogen) atoms. The fraction of sp³-hybridized carbons (Fsp3) is 0.476. The second-order valence-corrected chi connectivity index (χ2v) is 8.28. The number of aliphatic hydroxyl groups excluding tert-OH is 1. The number of nitrogens with one attached hydrogen (secondary N) is 3. The van der Waals surface area contributed by atoms with Crippen molar-refractivity contribution in [3.63, 3.8) is 0 Å². The molecular formula is C21H24F6N8O3. The maximum Gasteiger partial charge on any atom is 0.423 e. The number of H-pyrrole nitrogens is 1. The molecule has 0 unspecified atom stereocenters. The number of halogens is 6. The molecule has 1 aliphatic heterocycles. The lowest BCUT2D eigenvalue weighted by molar-refractivity contribution is -0.139. The van der Waals surface area contributed by atoms with Gasteiger partial charge in [0.1, 0.15) is 5.56 Å². The minimum atomic E-state index is -4.89. The zero-order chi connectivity index (χ0) is 28.1. The van der Waals surface area contributed by atoms with E-state index >= 15 is 0 Å².